The van der Waals surface area contributed by atoms with Crippen LogP contribution in [0, 0.1) is 5.92 Å². The molecule has 0 saturated heterocycles. The summed E-state index contributed by atoms with van der Waals surface area (Å²) in [5.74, 6) is 0.964. The van der Waals surface area contributed by atoms with Gasteiger partial charge in [-0.15, -0.1) is 0 Å². The summed E-state index contributed by atoms with van der Waals surface area (Å²) < 4.78 is 2.16. The smallest absolute Gasteiger partial charge is 0.0994 e. The van der Waals surface area contributed by atoms with Crippen molar-refractivity contribution in [3.63, 3.8) is 0 Å². The van der Waals surface area contributed by atoms with Crippen molar-refractivity contribution in [2.45, 2.75) is 51.4 Å². The van der Waals surface area contributed by atoms with Gasteiger partial charge in [0, 0.05) is 10.7 Å². The molecule has 19 heavy (non-hydrogen) atoms. The Hall–Kier alpha value is -1.02. The highest BCUT2D eigenvalue weighted by molar-refractivity contribution is 6.30. The van der Waals surface area contributed by atoms with Crippen LogP contribution in [0.2, 0.25) is 5.02 Å². The first-order valence-corrected chi connectivity index (χ1v) is 7.81. The molecule has 0 aromatic carbocycles. The van der Waals surface area contributed by atoms with E-state index < -0.39 is 0 Å². The number of fused-ring (bicyclic) bond motifs is 1. The molecule has 0 aliphatic heterocycles. The summed E-state index contributed by atoms with van der Waals surface area (Å²) in [6.07, 6.45) is 14.7. The number of aromatic nitrogens is 2. The highest BCUT2D eigenvalue weighted by Gasteiger charge is 2.13. The standard InChI is InChI=1S/C16H21ClN2/c17-14-9-15(19-12-18-11-16(19)10-14)8-4-7-13-5-2-1-3-6-13/h9-13H,1-8H2. The highest BCUT2D eigenvalue weighted by atomic mass is 35.5. The number of imidazole rings is 1. The van der Waals surface area contributed by atoms with Crippen molar-refractivity contribution in [2.75, 3.05) is 0 Å². The van der Waals surface area contributed by atoms with Crippen LogP contribution < -0.4 is 0 Å². The molecular weight excluding hydrogens is 256 g/mol. The fraction of sp³-hybridized carbons (Fsp3) is 0.562. The lowest BCUT2D eigenvalue weighted by molar-refractivity contribution is 0.332. The molecule has 0 spiro atoms. The van der Waals surface area contributed by atoms with Gasteiger partial charge in [-0.1, -0.05) is 50.1 Å². The van der Waals surface area contributed by atoms with Crippen molar-refractivity contribution < 1.29 is 0 Å². The molecule has 2 aromatic heterocycles. The molecular formula is C16H21ClN2. The number of nitrogens with zero attached hydrogens (tertiary/aromatic N) is 2. The van der Waals surface area contributed by atoms with Crippen molar-refractivity contribution in [2.24, 2.45) is 5.92 Å². The molecule has 0 bridgehead atoms. The highest BCUT2D eigenvalue weighted by Crippen LogP contribution is 2.28. The molecule has 3 heteroatoms. The van der Waals surface area contributed by atoms with E-state index in [4.69, 9.17) is 11.6 Å². The average Bonchev–Trinajstić information content (AvgIpc) is 2.88. The number of halogens is 1. The Morgan fingerprint density at radius 2 is 2.05 bits per heavy atom. The van der Waals surface area contributed by atoms with E-state index in [0.717, 1.165) is 22.9 Å². The minimum Gasteiger partial charge on any atom is -0.303 e. The van der Waals surface area contributed by atoms with Crippen LogP contribution >= 0.6 is 11.6 Å². The Balaban J connectivity index is 1.63. The van der Waals surface area contributed by atoms with Crippen molar-refractivity contribution in [1.29, 1.82) is 0 Å². The number of pyridine rings is 1. The lowest BCUT2D eigenvalue weighted by atomic mass is 9.85. The maximum absolute atomic E-state index is 6.17. The maximum atomic E-state index is 6.17. The molecule has 2 aromatic rings. The topological polar surface area (TPSA) is 17.3 Å². The molecule has 3 rings (SSSR count). The molecule has 2 heterocycles. The summed E-state index contributed by atoms with van der Waals surface area (Å²) in [7, 11) is 0. The van der Waals surface area contributed by atoms with E-state index in [0.29, 0.717) is 0 Å². The lowest BCUT2D eigenvalue weighted by Crippen LogP contribution is -2.07. The van der Waals surface area contributed by atoms with E-state index in [1.807, 2.05) is 18.6 Å². The summed E-state index contributed by atoms with van der Waals surface area (Å²) in [5.41, 5.74) is 2.39. The Morgan fingerprint density at radius 1 is 1.21 bits per heavy atom. The van der Waals surface area contributed by atoms with E-state index >= 15 is 0 Å². The van der Waals surface area contributed by atoms with Gasteiger partial charge in [0.1, 0.15) is 0 Å². The monoisotopic (exact) mass is 276 g/mol. The van der Waals surface area contributed by atoms with Gasteiger partial charge in [-0.25, -0.2) is 4.98 Å². The van der Waals surface area contributed by atoms with Gasteiger partial charge >= 0.3 is 0 Å². The van der Waals surface area contributed by atoms with Crippen LogP contribution in [-0.2, 0) is 6.42 Å². The van der Waals surface area contributed by atoms with Gasteiger partial charge in [-0.2, -0.15) is 0 Å². The summed E-state index contributed by atoms with van der Waals surface area (Å²) in [6, 6.07) is 4.05. The van der Waals surface area contributed by atoms with E-state index in [1.165, 1.54) is 50.6 Å². The second-order valence-electron chi connectivity index (χ2n) is 5.75. The van der Waals surface area contributed by atoms with E-state index in [2.05, 4.69) is 15.5 Å². The second kappa shape index (κ2) is 5.96. The molecule has 102 valence electrons. The largest absolute Gasteiger partial charge is 0.303 e. The van der Waals surface area contributed by atoms with E-state index in [-0.39, 0.29) is 0 Å². The van der Waals surface area contributed by atoms with Crippen LogP contribution in [0.25, 0.3) is 5.52 Å². The molecule has 1 aliphatic rings. The summed E-state index contributed by atoms with van der Waals surface area (Å²) in [6.45, 7) is 0. The van der Waals surface area contributed by atoms with Crippen molar-refractivity contribution >= 4 is 17.1 Å². The minimum atomic E-state index is 0.820. The summed E-state index contributed by atoms with van der Waals surface area (Å²) >= 11 is 6.17. The predicted molar refractivity (Wildman–Crippen MR) is 79.7 cm³/mol. The van der Waals surface area contributed by atoms with E-state index in [9.17, 15) is 0 Å². The molecule has 1 saturated carbocycles. The van der Waals surface area contributed by atoms with Crippen molar-refractivity contribution in [1.82, 2.24) is 9.38 Å². The normalized spacial score (nSPS) is 17.1. The van der Waals surface area contributed by atoms with Crippen LogP contribution in [-0.4, -0.2) is 9.38 Å². The first-order chi connectivity index (χ1) is 9.33. The zero-order chi connectivity index (χ0) is 13.1. The zero-order valence-corrected chi connectivity index (χ0v) is 12.1. The van der Waals surface area contributed by atoms with Crippen LogP contribution in [0.1, 0.15) is 50.6 Å². The first kappa shape index (κ1) is 13.0. The van der Waals surface area contributed by atoms with Gasteiger partial charge in [0.25, 0.3) is 0 Å². The van der Waals surface area contributed by atoms with Gasteiger partial charge in [-0.3, -0.25) is 0 Å². The lowest BCUT2D eigenvalue weighted by Gasteiger charge is -2.21. The Kier molecular flexibility index (Phi) is 4.07. The number of rotatable bonds is 4. The molecule has 1 fully saturated rings. The maximum Gasteiger partial charge on any atom is 0.0994 e. The third kappa shape index (κ3) is 3.11. The molecule has 0 radical (unpaired) electrons. The van der Waals surface area contributed by atoms with Gasteiger partial charge in [0.15, 0.2) is 0 Å². The Labute approximate surface area is 119 Å². The second-order valence-corrected chi connectivity index (χ2v) is 6.19. The molecule has 0 N–H and O–H groups in total. The zero-order valence-electron chi connectivity index (χ0n) is 11.3. The quantitative estimate of drug-likeness (QED) is 0.777. The van der Waals surface area contributed by atoms with Crippen molar-refractivity contribution in [3.8, 4) is 0 Å². The fourth-order valence-corrected chi connectivity index (χ4v) is 3.54. The molecule has 0 unspecified atom stereocenters. The number of hydrogen-bond donors (Lipinski definition) is 0. The van der Waals surface area contributed by atoms with Crippen molar-refractivity contribution in [3.05, 3.63) is 35.4 Å². The average molecular weight is 277 g/mol. The van der Waals surface area contributed by atoms with Crippen LogP contribution in [0.5, 0.6) is 0 Å². The molecule has 2 nitrogen and oxygen atoms in total. The summed E-state index contributed by atoms with van der Waals surface area (Å²) in [4.78, 5) is 4.21. The number of hydrogen-bond acceptors (Lipinski definition) is 1. The first-order valence-electron chi connectivity index (χ1n) is 7.43. The van der Waals surface area contributed by atoms with Gasteiger partial charge in [-0.05, 0) is 30.9 Å². The number of aryl methyl sites for hydroxylation is 1. The van der Waals surface area contributed by atoms with Gasteiger partial charge in [0.05, 0.1) is 18.0 Å². The SMILES string of the molecule is Clc1cc(CCCC2CCCCC2)n2cncc2c1. The Morgan fingerprint density at radius 3 is 2.89 bits per heavy atom. The van der Waals surface area contributed by atoms with Crippen LogP contribution in [0.3, 0.4) is 0 Å². The van der Waals surface area contributed by atoms with E-state index in [1.54, 1.807) is 0 Å². The third-order valence-electron chi connectivity index (χ3n) is 4.34. The fourth-order valence-electron chi connectivity index (χ4n) is 3.30. The third-order valence-corrected chi connectivity index (χ3v) is 4.56. The molecule has 1 aliphatic carbocycles. The minimum absolute atomic E-state index is 0.820. The Bertz CT molecular complexity index is 541. The molecule has 0 atom stereocenters. The van der Waals surface area contributed by atoms with Gasteiger partial charge in [0.2, 0.25) is 0 Å². The summed E-state index contributed by atoms with van der Waals surface area (Å²) in [5, 5.41) is 0.820. The van der Waals surface area contributed by atoms with Crippen LogP contribution in [0.15, 0.2) is 24.7 Å². The van der Waals surface area contributed by atoms with Gasteiger partial charge < -0.3 is 4.40 Å². The molecule has 0 amide bonds. The predicted octanol–water partition coefficient (Wildman–Crippen LogP) is 4.89. The van der Waals surface area contributed by atoms with Crippen LogP contribution in [0.4, 0.5) is 0 Å².